The van der Waals surface area contributed by atoms with E-state index in [-0.39, 0.29) is 17.1 Å². The minimum atomic E-state index is -5.08. The number of carbonyl (C=O) groups is 3. The number of rotatable bonds is 7. The van der Waals surface area contributed by atoms with Crippen LogP contribution < -0.4 is 15.2 Å². The molecule has 0 saturated carbocycles. The molecule has 0 aliphatic carbocycles. The molecule has 1 aromatic rings. The molecule has 0 aromatic heterocycles. The lowest BCUT2D eigenvalue weighted by atomic mass is 10.1. The number of hydrogen-bond donors (Lipinski definition) is 3. The third kappa shape index (κ3) is 7.49. The van der Waals surface area contributed by atoms with Crippen molar-refractivity contribution in [1.82, 2.24) is 0 Å². The number of alkyl halides is 3. The summed E-state index contributed by atoms with van der Waals surface area (Å²) in [6, 6.07) is 2.06. The smallest absolute Gasteiger partial charge is 0.490 e. The predicted octanol–water partition coefficient (Wildman–Crippen LogP) is 0.873. The number of carboxylic acids is 2. The fraction of sp³-hybridized carbons (Fsp3) is 0.357. The Morgan fingerprint density at radius 1 is 1.17 bits per heavy atom. The SMILES string of the molecule is COc1cc(C(OC(=O)CN)C(=O)O)c([N+](=O)[O-])cc1OC.O=C(O)C(F)(F)F. The molecule has 1 atom stereocenters. The first-order chi connectivity index (χ1) is 13.3. The number of halogens is 3. The van der Waals surface area contributed by atoms with Crippen molar-refractivity contribution in [2.75, 3.05) is 20.8 Å². The molecule has 0 aliphatic rings. The van der Waals surface area contributed by atoms with E-state index in [1.165, 1.54) is 14.2 Å². The van der Waals surface area contributed by atoms with Gasteiger partial charge >= 0.3 is 24.1 Å². The van der Waals surface area contributed by atoms with Crippen LogP contribution in [0.4, 0.5) is 18.9 Å². The number of carboxylic acid groups (broad SMARTS) is 2. The highest BCUT2D eigenvalue weighted by Gasteiger charge is 2.38. The van der Waals surface area contributed by atoms with Gasteiger partial charge in [0.1, 0.15) is 0 Å². The molecule has 1 aromatic carbocycles. The molecule has 12 nitrogen and oxygen atoms in total. The minimum Gasteiger partial charge on any atom is -0.493 e. The molecule has 0 aliphatic heterocycles. The number of nitrogens with two attached hydrogens (primary N) is 1. The Balaban J connectivity index is 0.000000956. The van der Waals surface area contributed by atoms with Crippen LogP contribution in [0.2, 0.25) is 0 Å². The highest BCUT2D eigenvalue weighted by atomic mass is 19.4. The molecular weight excluding hydrogens is 413 g/mol. The third-order valence-corrected chi connectivity index (χ3v) is 2.89. The summed E-state index contributed by atoms with van der Waals surface area (Å²) in [4.78, 5) is 41.7. The topological polar surface area (TPSA) is 189 Å². The number of carbonyl (C=O) groups excluding carboxylic acids is 1. The van der Waals surface area contributed by atoms with Crippen LogP contribution in [0.15, 0.2) is 12.1 Å². The number of nitro groups is 1. The Morgan fingerprint density at radius 3 is 1.93 bits per heavy atom. The van der Waals surface area contributed by atoms with Crippen molar-refractivity contribution in [2.45, 2.75) is 12.3 Å². The van der Waals surface area contributed by atoms with Crippen molar-refractivity contribution in [3.05, 3.63) is 27.8 Å². The van der Waals surface area contributed by atoms with Gasteiger partial charge in [0.2, 0.25) is 6.10 Å². The molecule has 0 saturated heterocycles. The summed E-state index contributed by atoms with van der Waals surface area (Å²) in [5.74, 6) is -5.27. The van der Waals surface area contributed by atoms with Crippen molar-refractivity contribution < 1.29 is 56.9 Å². The van der Waals surface area contributed by atoms with Crippen LogP contribution in [0.3, 0.4) is 0 Å². The zero-order chi connectivity index (χ0) is 22.9. The highest BCUT2D eigenvalue weighted by molar-refractivity contribution is 5.81. The number of hydrogen-bond acceptors (Lipinski definition) is 9. The van der Waals surface area contributed by atoms with Gasteiger partial charge in [0.15, 0.2) is 11.5 Å². The van der Waals surface area contributed by atoms with E-state index < -0.39 is 47.3 Å². The molecule has 1 unspecified atom stereocenters. The molecule has 0 bridgehead atoms. The lowest BCUT2D eigenvalue weighted by Gasteiger charge is -2.16. The van der Waals surface area contributed by atoms with E-state index in [9.17, 15) is 32.9 Å². The summed E-state index contributed by atoms with van der Waals surface area (Å²) in [5.41, 5.74) is 4.10. The summed E-state index contributed by atoms with van der Waals surface area (Å²) in [6.45, 7) is -0.565. The highest BCUT2D eigenvalue weighted by Crippen LogP contribution is 2.38. The van der Waals surface area contributed by atoms with Gasteiger partial charge in [0.25, 0.3) is 5.69 Å². The minimum absolute atomic E-state index is 0.0345. The zero-order valence-electron chi connectivity index (χ0n) is 14.8. The molecule has 4 N–H and O–H groups in total. The van der Waals surface area contributed by atoms with Crippen LogP contribution in [0.1, 0.15) is 11.7 Å². The van der Waals surface area contributed by atoms with Gasteiger partial charge in [-0.3, -0.25) is 14.9 Å². The van der Waals surface area contributed by atoms with Crippen LogP contribution in [0.5, 0.6) is 11.5 Å². The van der Waals surface area contributed by atoms with E-state index >= 15 is 0 Å². The molecule has 0 amide bonds. The maximum absolute atomic E-state index is 11.3. The van der Waals surface area contributed by atoms with Crippen LogP contribution in [0, 0.1) is 10.1 Å². The lowest BCUT2D eigenvalue weighted by molar-refractivity contribution is -0.386. The van der Waals surface area contributed by atoms with E-state index in [1.807, 2.05) is 0 Å². The molecule has 29 heavy (non-hydrogen) atoms. The Bertz CT molecular complexity index is 782. The number of ether oxygens (including phenoxy) is 3. The van der Waals surface area contributed by atoms with Gasteiger partial charge in [0.05, 0.1) is 37.3 Å². The van der Waals surface area contributed by atoms with Crippen molar-refractivity contribution in [3.63, 3.8) is 0 Å². The van der Waals surface area contributed by atoms with E-state index in [0.29, 0.717) is 0 Å². The van der Waals surface area contributed by atoms with E-state index in [0.717, 1.165) is 12.1 Å². The van der Waals surface area contributed by atoms with Crippen molar-refractivity contribution in [3.8, 4) is 11.5 Å². The maximum atomic E-state index is 11.3. The molecule has 1 rings (SSSR count). The lowest BCUT2D eigenvalue weighted by Crippen LogP contribution is -2.25. The molecule has 162 valence electrons. The van der Waals surface area contributed by atoms with Crippen molar-refractivity contribution in [1.29, 1.82) is 0 Å². The maximum Gasteiger partial charge on any atom is 0.490 e. The number of methoxy groups -OCH3 is 2. The fourth-order valence-corrected chi connectivity index (χ4v) is 1.68. The second-order valence-corrected chi connectivity index (χ2v) is 4.74. The standard InChI is InChI=1S/C12H14N2O8.C2HF3O2/c1-20-8-3-6(7(14(18)19)4-9(8)21-2)11(12(16)17)22-10(15)5-13;3-2(4,5)1(6)7/h3-4,11H,5,13H2,1-2H3,(H,16,17);(H,6,7). The fourth-order valence-electron chi connectivity index (χ4n) is 1.68. The second-order valence-electron chi connectivity index (χ2n) is 4.74. The van der Waals surface area contributed by atoms with Crippen LogP contribution in [-0.4, -0.2) is 60.0 Å². The van der Waals surface area contributed by atoms with Crippen LogP contribution in [0.25, 0.3) is 0 Å². The van der Waals surface area contributed by atoms with Gasteiger partial charge in [-0.05, 0) is 6.07 Å². The summed E-state index contributed by atoms with van der Waals surface area (Å²) < 4.78 is 46.3. The first-order valence-corrected chi connectivity index (χ1v) is 7.12. The number of nitrogens with zero attached hydrogens (tertiary/aromatic N) is 1. The molecule has 15 heteroatoms. The summed E-state index contributed by atoms with van der Waals surface area (Å²) in [7, 11) is 2.54. The van der Waals surface area contributed by atoms with Gasteiger partial charge in [0, 0.05) is 0 Å². The first-order valence-electron chi connectivity index (χ1n) is 7.12. The summed E-state index contributed by atoms with van der Waals surface area (Å²) >= 11 is 0. The summed E-state index contributed by atoms with van der Waals surface area (Å²) in [5, 5.41) is 27.4. The molecule has 0 heterocycles. The van der Waals surface area contributed by atoms with Gasteiger partial charge in [-0.1, -0.05) is 0 Å². The number of benzene rings is 1. The van der Waals surface area contributed by atoms with Gasteiger partial charge < -0.3 is 30.2 Å². The Kier molecular flexibility index (Phi) is 9.32. The summed E-state index contributed by atoms with van der Waals surface area (Å²) in [6.07, 6.45) is -6.98. The van der Waals surface area contributed by atoms with Gasteiger partial charge in [-0.2, -0.15) is 13.2 Å². The molecule has 0 fully saturated rings. The van der Waals surface area contributed by atoms with Crippen molar-refractivity contribution >= 4 is 23.6 Å². The molecule has 0 spiro atoms. The second kappa shape index (κ2) is 10.6. The molecular formula is C14H15F3N2O10. The Labute approximate surface area is 159 Å². The zero-order valence-corrected chi connectivity index (χ0v) is 14.8. The van der Waals surface area contributed by atoms with E-state index in [4.69, 9.17) is 30.2 Å². The monoisotopic (exact) mass is 428 g/mol. The number of aliphatic carboxylic acids is 2. The van der Waals surface area contributed by atoms with E-state index in [1.54, 1.807) is 0 Å². The average Bonchev–Trinajstić information content (AvgIpc) is 2.63. The first kappa shape index (κ1) is 25.4. The Morgan fingerprint density at radius 2 is 1.62 bits per heavy atom. The van der Waals surface area contributed by atoms with E-state index in [2.05, 4.69) is 4.74 Å². The number of nitro benzene ring substituents is 1. The quantitative estimate of drug-likeness (QED) is 0.317. The number of esters is 1. The third-order valence-electron chi connectivity index (χ3n) is 2.89. The van der Waals surface area contributed by atoms with Crippen LogP contribution >= 0.6 is 0 Å². The largest absolute Gasteiger partial charge is 0.493 e. The molecule has 0 radical (unpaired) electrons. The average molecular weight is 428 g/mol. The van der Waals surface area contributed by atoms with Crippen molar-refractivity contribution in [2.24, 2.45) is 5.73 Å². The van der Waals surface area contributed by atoms with Gasteiger partial charge in [-0.15, -0.1) is 0 Å². The van der Waals surface area contributed by atoms with Crippen LogP contribution in [-0.2, 0) is 19.1 Å². The predicted molar refractivity (Wildman–Crippen MR) is 85.4 cm³/mol. The van der Waals surface area contributed by atoms with Gasteiger partial charge in [-0.25, -0.2) is 9.59 Å². The Hall–Kier alpha value is -3.62. The normalized spacial score (nSPS) is 11.4.